The minimum absolute atomic E-state index is 0.0441. The lowest BCUT2D eigenvalue weighted by molar-refractivity contribution is -0.148. The van der Waals surface area contributed by atoms with E-state index in [1.165, 1.54) is 21.1 Å². The number of carbonyl (C=O) groups excluding carboxylic acids is 3. The lowest BCUT2D eigenvalue weighted by Crippen LogP contribution is -2.42. The number of methoxy groups -OCH3 is 2. The average Bonchev–Trinajstić information content (AvgIpc) is 2.88. The fraction of sp³-hybridized carbons (Fsp3) is 0.389. The van der Waals surface area contributed by atoms with E-state index in [4.69, 9.17) is 9.47 Å². The zero-order valence-electron chi connectivity index (χ0n) is 15.6. The van der Waals surface area contributed by atoms with Gasteiger partial charge in [0.2, 0.25) is 0 Å². The molecule has 1 atom stereocenters. The highest BCUT2D eigenvalue weighted by atomic mass is 79.9. The number of rotatable bonds is 6. The molecule has 0 aromatic heterocycles. The van der Waals surface area contributed by atoms with Gasteiger partial charge in [0.05, 0.1) is 29.7 Å². The van der Waals surface area contributed by atoms with Crippen molar-refractivity contribution >= 4 is 50.9 Å². The standard InChI is InChI=1S/C18H20BrNO6S/c1-9(2)26-15-12(19)6-11(7-13(15)24-4)8-14-16(21)20(18(23)27-14)10(3)17(22)25-5/h6-10H,1-5H3/b14-8+/t10-/m1/s1. The molecule has 9 heteroatoms. The van der Waals surface area contributed by atoms with E-state index in [1.54, 1.807) is 18.2 Å². The number of benzene rings is 1. The second-order valence-corrected chi connectivity index (χ2v) is 7.80. The first kappa shape index (κ1) is 21.3. The third-order valence-electron chi connectivity index (χ3n) is 3.66. The first-order valence-corrected chi connectivity index (χ1v) is 9.69. The van der Waals surface area contributed by atoms with E-state index in [9.17, 15) is 14.4 Å². The van der Waals surface area contributed by atoms with Crippen molar-refractivity contribution in [2.75, 3.05) is 14.2 Å². The van der Waals surface area contributed by atoms with Gasteiger partial charge in [-0.05, 0) is 72.2 Å². The Bertz CT molecular complexity index is 807. The highest BCUT2D eigenvalue weighted by molar-refractivity contribution is 9.10. The van der Waals surface area contributed by atoms with Gasteiger partial charge in [-0.3, -0.25) is 14.5 Å². The van der Waals surface area contributed by atoms with Crippen LogP contribution in [0.2, 0.25) is 0 Å². The Morgan fingerprint density at radius 3 is 2.44 bits per heavy atom. The molecular weight excluding hydrogens is 438 g/mol. The second kappa shape index (κ2) is 8.79. The van der Waals surface area contributed by atoms with Gasteiger partial charge in [-0.2, -0.15) is 0 Å². The van der Waals surface area contributed by atoms with Crippen LogP contribution in [0.3, 0.4) is 0 Å². The Hall–Kier alpha value is -2.00. The maximum Gasteiger partial charge on any atom is 0.328 e. The van der Waals surface area contributed by atoms with Crippen LogP contribution in [0.5, 0.6) is 11.5 Å². The highest BCUT2D eigenvalue weighted by Crippen LogP contribution is 2.39. The van der Waals surface area contributed by atoms with Gasteiger partial charge in [0.25, 0.3) is 11.1 Å². The molecule has 146 valence electrons. The molecule has 0 N–H and O–H groups in total. The third-order valence-corrected chi connectivity index (χ3v) is 5.13. The van der Waals surface area contributed by atoms with E-state index in [1.807, 2.05) is 13.8 Å². The van der Waals surface area contributed by atoms with Crippen molar-refractivity contribution in [1.82, 2.24) is 4.90 Å². The van der Waals surface area contributed by atoms with E-state index >= 15 is 0 Å². The van der Waals surface area contributed by atoms with E-state index in [-0.39, 0.29) is 11.0 Å². The first-order chi connectivity index (χ1) is 12.7. The maximum absolute atomic E-state index is 12.6. The normalized spacial score (nSPS) is 16.9. The molecule has 0 spiro atoms. The number of hydrogen-bond donors (Lipinski definition) is 0. The summed E-state index contributed by atoms with van der Waals surface area (Å²) in [5.74, 6) is -0.151. The predicted octanol–water partition coefficient (Wildman–Crippen LogP) is 3.84. The molecular formula is C18H20BrNO6S. The first-order valence-electron chi connectivity index (χ1n) is 8.08. The summed E-state index contributed by atoms with van der Waals surface area (Å²) < 4.78 is 16.4. The van der Waals surface area contributed by atoms with Crippen molar-refractivity contribution in [3.05, 3.63) is 27.1 Å². The lowest BCUT2D eigenvalue weighted by atomic mass is 10.1. The maximum atomic E-state index is 12.6. The van der Waals surface area contributed by atoms with Crippen molar-refractivity contribution in [1.29, 1.82) is 0 Å². The predicted molar refractivity (Wildman–Crippen MR) is 106 cm³/mol. The van der Waals surface area contributed by atoms with Gasteiger partial charge in [0.15, 0.2) is 11.5 Å². The van der Waals surface area contributed by atoms with E-state index < -0.39 is 23.2 Å². The molecule has 0 radical (unpaired) electrons. The smallest absolute Gasteiger partial charge is 0.328 e. The number of hydrogen-bond acceptors (Lipinski definition) is 7. The quantitative estimate of drug-likeness (QED) is 0.473. The van der Waals surface area contributed by atoms with Crippen LogP contribution >= 0.6 is 27.7 Å². The van der Waals surface area contributed by atoms with Crippen LogP contribution < -0.4 is 9.47 Å². The van der Waals surface area contributed by atoms with Gasteiger partial charge in [-0.25, -0.2) is 4.79 Å². The molecule has 0 aliphatic carbocycles. The van der Waals surface area contributed by atoms with Gasteiger partial charge in [-0.1, -0.05) is 0 Å². The largest absolute Gasteiger partial charge is 0.493 e. The minimum Gasteiger partial charge on any atom is -0.493 e. The van der Waals surface area contributed by atoms with E-state index in [2.05, 4.69) is 20.7 Å². The fourth-order valence-electron chi connectivity index (χ4n) is 2.41. The number of amides is 2. The molecule has 0 unspecified atom stereocenters. The van der Waals surface area contributed by atoms with Crippen LogP contribution in [0, 0.1) is 0 Å². The fourth-order valence-corrected chi connectivity index (χ4v) is 3.88. The van der Waals surface area contributed by atoms with Crippen LogP contribution in [-0.4, -0.2) is 48.4 Å². The summed E-state index contributed by atoms with van der Waals surface area (Å²) in [6.45, 7) is 5.25. The van der Waals surface area contributed by atoms with Crippen LogP contribution in [0.25, 0.3) is 6.08 Å². The molecule has 1 heterocycles. The molecule has 1 aliphatic heterocycles. The lowest BCUT2D eigenvalue weighted by Gasteiger charge is -2.18. The van der Waals surface area contributed by atoms with E-state index in [0.29, 0.717) is 21.5 Å². The van der Waals surface area contributed by atoms with Crippen molar-refractivity contribution in [2.24, 2.45) is 0 Å². The van der Waals surface area contributed by atoms with Crippen molar-refractivity contribution < 1.29 is 28.6 Å². The third kappa shape index (κ3) is 4.65. The van der Waals surface area contributed by atoms with Gasteiger partial charge < -0.3 is 14.2 Å². The number of carbonyl (C=O) groups is 3. The molecule has 2 rings (SSSR count). The number of esters is 1. The summed E-state index contributed by atoms with van der Waals surface area (Å²) in [5.41, 5.74) is 0.644. The Morgan fingerprint density at radius 2 is 1.89 bits per heavy atom. The van der Waals surface area contributed by atoms with Crippen molar-refractivity contribution in [3.8, 4) is 11.5 Å². The van der Waals surface area contributed by atoms with Crippen molar-refractivity contribution in [3.63, 3.8) is 0 Å². The van der Waals surface area contributed by atoms with Crippen LogP contribution in [-0.2, 0) is 14.3 Å². The minimum atomic E-state index is -0.989. The molecule has 1 fully saturated rings. The zero-order chi connectivity index (χ0) is 20.3. The monoisotopic (exact) mass is 457 g/mol. The molecule has 0 saturated carbocycles. The topological polar surface area (TPSA) is 82.1 Å². The van der Waals surface area contributed by atoms with Gasteiger partial charge in [0, 0.05) is 0 Å². The SMILES string of the molecule is COC(=O)[C@@H](C)N1C(=O)S/C(=C/c2cc(Br)c(OC(C)C)c(OC)c2)C1=O. The molecule has 7 nitrogen and oxygen atoms in total. The number of halogens is 1. The molecule has 1 aromatic rings. The van der Waals surface area contributed by atoms with Crippen LogP contribution in [0.15, 0.2) is 21.5 Å². The van der Waals surface area contributed by atoms with Gasteiger partial charge >= 0.3 is 5.97 Å². The molecule has 1 aliphatic rings. The second-order valence-electron chi connectivity index (χ2n) is 5.95. The van der Waals surface area contributed by atoms with Crippen molar-refractivity contribution in [2.45, 2.75) is 32.9 Å². The molecule has 2 amide bonds. The Kier molecular flexibility index (Phi) is 6.94. The number of nitrogens with zero attached hydrogens (tertiary/aromatic N) is 1. The Morgan fingerprint density at radius 1 is 1.22 bits per heavy atom. The summed E-state index contributed by atoms with van der Waals surface area (Å²) in [7, 11) is 2.73. The molecule has 1 saturated heterocycles. The summed E-state index contributed by atoms with van der Waals surface area (Å²) in [4.78, 5) is 37.5. The summed E-state index contributed by atoms with van der Waals surface area (Å²) >= 11 is 4.21. The molecule has 1 aromatic carbocycles. The molecule has 27 heavy (non-hydrogen) atoms. The zero-order valence-corrected chi connectivity index (χ0v) is 18.0. The van der Waals surface area contributed by atoms with E-state index in [0.717, 1.165) is 16.7 Å². The summed E-state index contributed by atoms with van der Waals surface area (Å²) in [6, 6.07) is 2.48. The molecule has 0 bridgehead atoms. The Balaban J connectivity index is 2.36. The van der Waals surface area contributed by atoms with Crippen LogP contribution in [0.4, 0.5) is 4.79 Å². The summed E-state index contributed by atoms with van der Waals surface area (Å²) in [6.07, 6.45) is 1.53. The Labute approximate surface area is 170 Å². The summed E-state index contributed by atoms with van der Waals surface area (Å²) in [5, 5.41) is -0.519. The number of thioether (sulfide) groups is 1. The average molecular weight is 458 g/mol. The van der Waals surface area contributed by atoms with Gasteiger partial charge in [-0.15, -0.1) is 0 Å². The van der Waals surface area contributed by atoms with Crippen LogP contribution in [0.1, 0.15) is 26.3 Å². The number of ether oxygens (including phenoxy) is 3. The number of imide groups is 1. The highest BCUT2D eigenvalue weighted by Gasteiger charge is 2.41. The van der Waals surface area contributed by atoms with Gasteiger partial charge in [0.1, 0.15) is 6.04 Å².